The van der Waals surface area contributed by atoms with Crippen LogP contribution in [0, 0.1) is 0 Å². The van der Waals surface area contributed by atoms with Crippen LogP contribution in [0.25, 0.3) is 77.3 Å². The number of benzene rings is 9. The molecule has 12 aromatic rings. The number of aromatic nitrogens is 2. The van der Waals surface area contributed by atoms with Gasteiger partial charge in [0, 0.05) is 32.9 Å². The van der Waals surface area contributed by atoms with Crippen molar-refractivity contribution in [3.05, 3.63) is 231 Å². The lowest BCUT2D eigenvalue weighted by Crippen LogP contribution is -2.74. The zero-order valence-electron chi connectivity index (χ0n) is 32.7. The maximum absolute atomic E-state index is 6.80. The van der Waals surface area contributed by atoms with E-state index in [0.717, 1.165) is 50.1 Å². The van der Waals surface area contributed by atoms with Gasteiger partial charge in [0.25, 0.3) is 0 Å². The first kappa shape index (κ1) is 34.4. The Kier molecular flexibility index (Phi) is 7.87. The highest BCUT2D eigenvalue weighted by molar-refractivity contribution is 7.20. The molecule has 9 aromatic carbocycles. The molecule has 0 radical (unpaired) electrons. The van der Waals surface area contributed by atoms with Crippen molar-refractivity contribution in [2.75, 3.05) is 0 Å². The highest BCUT2D eigenvalue weighted by atomic mass is 28.3. The van der Waals surface area contributed by atoms with Crippen molar-refractivity contribution in [3.63, 3.8) is 0 Å². The molecular formula is C56H38N2OSi. The first-order valence-corrected chi connectivity index (χ1v) is 22.6. The summed E-state index contributed by atoms with van der Waals surface area (Å²) in [4.78, 5) is 0. The average molecular weight is 783 g/mol. The van der Waals surface area contributed by atoms with Crippen LogP contribution in [0.5, 0.6) is 0 Å². The predicted octanol–water partition coefficient (Wildman–Crippen LogP) is 11.7. The Balaban J connectivity index is 1.03. The molecule has 0 amide bonds. The van der Waals surface area contributed by atoms with Gasteiger partial charge in [0.05, 0.1) is 21.9 Å². The van der Waals surface area contributed by atoms with Gasteiger partial charge in [-0.1, -0.05) is 176 Å². The van der Waals surface area contributed by atoms with Crippen LogP contribution in [0.2, 0.25) is 0 Å². The Hall–Kier alpha value is -7.66. The zero-order chi connectivity index (χ0) is 39.6. The van der Waals surface area contributed by atoms with Gasteiger partial charge in [-0.05, 0) is 86.5 Å². The van der Waals surface area contributed by atoms with Gasteiger partial charge in [-0.25, -0.2) is 0 Å². The largest absolute Gasteiger partial charge is 0.439 e. The van der Waals surface area contributed by atoms with E-state index in [0.29, 0.717) is 0 Å². The minimum atomic E-state index is -2.72. The summed E-state index contributed by atoms with van der Waals surface area (Å²) >= 11 is 0. The highest BCUT2D eigenvalue weighted by Gasteiger charge is 2.41. The van der Waals surface area contributed by atoms with Crippen molar-refractivity contribution in [3.8, 4) is 22.5 Å². The molecule has 0 fully saturated rings. The second-order valence-electron chi connectivity index (χ2n) is 15.7. The van der Waals surface area contributed by atoms with Crippen LogP contribution in [-0.4, -0.2) is 17.2 Å². The molecule has 0 aliphatic carbocycles. The Morgan fingerprint density at radius 3 is 1.52 bits per heavy atom. The maximum Gasteiger partial charge on any atom is 0.213 e. The number of fused-ring (bicyclic) bond motifs is 8. The van der Waals surface area contributed by atoms with Crippen molar-refractivity contribution in [1.82, 2.24) is 9.13 Å². The van der Waals surface area contributed by atoms with Gasteiger partial charge in [0.1, 0.15) is 5.58 Å². The third kappa shape index (κ3) is 5.14. The summed E-state index contributed by atoms with van der Waals surface area (Å²) in [6.45, 7) is 0. The van der Waals surface area contributed by atoms with Gasteiger partial charge in [-0.3, -0.25) is 4.57 Å². The quantitative estimate of drug-likeness (QED) is 0.117. The van der Waals surface area contributed by atoms with Gasteiger partial charge in [-0.15, -0.1) is 0 Å². The van der Waals surface area contributed by atoms with Gasteiger partial charge in [0.15, 0.2) is 8.07 Å². The number of rotatable bonds is 7. The van der Waals surface area contributed by atoms with Crippen LogP contribution in [0.3, 0.4) is 0 Å². The summed E-state index contributed by atoms with van der Waals surface area (Å²) < 4.78 is 11.5. The first-order valence-electron chi connectivity index (χ1n) is 20.6. The molecule has 0 bridgehead atoms. The van der Waals surface area contributed by atoms with Crippen molar-refractivity contribution in [1.29, 1.82) is 0 Å². The lowest BCUT2D eigenvalue weighted by molar-refractivity contribution is 0.645. The molecule has 3 nitrogen and oxygen atoms in total. The lowest BCUT2D eigenvalue weighted by Gasteiger charge is -2.34. The second-order valence-corrected chi connectivity index (χ2v) is 19.5. The Morgan fingerprint density at radius 2 is 0.850 bits per heavy atom. The molecule has 0 atom stereocenters. The summed E-state index contributed by atoms with van der Waals surface area (Å²) in [5.74, 6) is 0. The molecule has 4 heteroatoms. The molecule has 0 unspecified atom stereocenters. The van der Waals surface area contributed by atoms with Crippen molar-refractivity contribution >= 4 is 83.6 Å². The summed E-state index contributed by atoms with van der Waals surface area (Å²) in [6, 6.07) is 84.3. The zero-order valence-corrected chi connectivity index (χ0v) is 33.7. The number of nitrogens with zero attached hydrogens (tertiary/aromatic N) is 2. The topological polar surface area (TPSA) is 23.0 Å². The first-order chi connectivity index (χ1) is 29.8. The SMILES string of the molecule is c1ccc(-n2c3ccccc3c3c4ccc(-c5cccc(-n6c7ccccc7c7cc([Si](c8ccccc8)(c8ccccc8)c8ccccc8)ccc76)c5)cc4oc32)cc1. The van der Waals surface area contributed by atoms with Crippen LogP contribution in [0.15, 0.2) is 235 Å². The minimum absolute atomic E-state index is 0.867. The number of hydrogen-bond acceptors (Lipinski definition) is 1. The fourth-order valence-corrected chi connectivity index (χ4v) is 14.6. The Morgan fingerprint density at radius 1 is 0.317 bits per heavy atom. The molecule has 0 saturated carbocycles. The van der Waals surface area contributed by atoms with Crippen molar-refractivity contribution < 1.29 is 4.42 Å². The monoisotopic (exact) mass is 782 g/mol. The van der Waals surface area contributed by atoms with E-state index in [2.05, 4.69) is 240 Å². The van der Waals surface area contributed by atoms with Crippen LogP contribution < -0.4 is 20.7 Å². The van der Waals surface area contributed by atoms with Crippen LogP contribution in [0.1, 0.15) is 0 Å². The van der Waals surface area contributed by atoms with E-state index in [9.17, 15) is 0 Å². The molecule has 12 rings (SSSR count). The molecule has 0 saturated heterocycles. The fourth-order valence-electron chi connectivity index (χ4n) is 9.88. The number of para-hydroxylation sites is 3. The molecule has 3 heterocycles. The number of furan rings is 1. The summed E-state index contributed by atoms with van der Waals surface area (Å²) in [6.07, 6.45) is 0. The van der Waals surface area contributed by atoms with E-state index in [1.807, 2.05) is 0 Å². The van der Waals surface area contributed by atoms with E-state index in [1.165, 1.54) is 47.9 Å². The molecular weight excluding hydrogens is 745 g/mol. The maximum atomic E-state index is 6.80. The van der Waals surface area contributed by atoms with Crippen molar-refractivity contribution in [2.45, 2.75) is 0 Å². The summed E-state index contributed by atoms with van der Waals surface area (Å²) in [5, 5.41) is 11.4. The highest BCUT2D eigenvalue weighted by Crippen LogP contribution is 2.41. The number of hydrogen-bond donors (Lipinski definition) is 0. The van der Waals surface area contributed by atoms with Gasteiger partial charge in [0.2, 0.25) is 5.71 Å². The van der Waals surface area contributed by atoms with Crippen LogP contribution >= 0.6 is 0 Å². The molecule has 282 valence electrons. The van der Waals surface area contributed by atoms with E-state index in [4.69, 9.17) is 4.42 Å². The smallest absolute Gasteiger partial charge is 0.213 e. The van der Waals surface area contributed by atoms with Crippen LogP contribution in [0.4, 0.5) is 0 Å². The van der Waals surface area contributed by atoms with Gasteiger partial charge < -0.3 is 8.98 Å². The minimum Gasteiger partial charge on any atom is -0.439 e. The third-order valence-corrected chi connectivity index (χ3v) is 17.2. The van der Waals surface area contributed by atoms with E-state index < -0.39 is 8.07 Å². The third-order valence-electron chi connectivity index (χ3n) is 12.5. The van der Waals surface area contributed by atoms with E-state index in [1.54, 1.807) is 0 Å². The second kappa shape index (κ2) is 13.7. The normalized spacial score (nSPS) is 12.0. The Labute approximate surface area is 348 Å². The molecule has 0 N–H and O–H groups in total. The average Bonchev–Trinajstić information content (AvgIpc) is 3.97. The standard InChI is InChI=1S/C56H38N2OSi/c1-5-19-41(20-6-1)58-52-31-16-14-29-48(52)55-49-34-32-40(37-54(49)59-56(55)58)39-18-17-21-42(36-39)57-51-30-15-13-28-47(51)50-38-46(33-35-53(50)57)60(43-22-7-2-8-23-43,44-24-9-3-10-25-44)45-26-11-4-12-27-45/h1-38H. The summed E-state index contributed by atoms with van der Waals surface area (Å²) in [5.41, 5.74) is 9.72. The predicted molar refractivity (Wildman–Crippen MR) is 254 cm³/mol. The van der Waals surface area contributed by atoms with E-state index in [-0.39, 0.29) is 0 Å². The van der Waals surface area contributed by atoms with Crippen LogP contribution in [-0.2, 0) is 0 Å². The van der Waals surface area contributed by atoms with Crippen molar-refractivity contribution in [2.24, 2.45) is 0 Å². The molecule has 3 aromatic heterocycles. The molecule has 0 aliphatic rings. The Bertz CT molecular complexity index is 3430. The van der Waals surface area contributed by atoms with E-state index >= 15 is 0 Å². The van der Waals surface area contributed by atoms with Gasteiger partial charge >= 0.3 is 0 Å². The molecule has 0 spiro atoms. The molecule has 60 heavy (non-hydrogen) atoms. The summed E-state index contributed by atoms with van der Waals surface area (Å²) in [7, 11) is -2.72. The fraction of sp³-hybridized carbons (Fsp3) is 0. The molecule has 0 aliphatic heterocycles. The van der Waals surface area contributed by atoms with Gasteiger partial charge in [-0.2, -0.15) is 0 Å². The lowest BCUT2D eigenvalue weighted by atomic mass is 10.0.